The Labute approximate surface area is 192 Å². The number of methoxy groups -OCH3 is 2. The average molecular weight is 476 g/mol. The first-order valence-electron chi connectivity index (χ1n) is 10.3. The van der Waals surface area contributed by atoms with Crippen LogP contribution in [0, 0.1) is 0 Å². The van der Waals surface area contributed by atoms with Crippen LogP contribution >= 0.6 is 0 Å². The summed E-state index contributed by atoms with van der Waals surface area (Å²) in [5.74, 6) is -0.597. The van der Waals surface area contributed by atoms with Crippen molar-refractivity contribution in [2.45, 2.75) is 30.5 Å². The van der Waals surface area contributed by atoms with Crippen LogP contribution in [0.3, 0.4) is 0 Å². The molecular formula is C23H24O11. The molecule has 1 aliphatic heterocycles. The molecule has 182 valence electrons. The van der Waals surface area contributed by atoms with E-state index in [9.17, 15) is 35.4 Å². The van der Waals surface area contributed by atoms with E-state index in [2.05, 4.69) is 0 Å². The molecule has 0 bridgehead atoms. The molecule has 3 aromatic rings. The molecule has 2 heterocycles. The Balaban J connectivity index is 2.02. The van der Waals surface area contributed by atoms with Gasteiger partial charge in [-0.2, -0.15) is 0 Å². The molecule has 0 unspecified atom stereocenters. The zero-order valence-electron chi connectivity index (χ0n) is 18.2. The Morgan fingerprint density at radius 3 is 2.24 bits per heavy atom. The summed E-state index contributed by atoms with van der Waals surface area (Å²) >= 11 is 0. The molecule has 5 atom stereocenters. The van der Waals surface area contributed by atoms with Crippen molar-refractivity contribution in [1.29, 1.82) is 0 Å². The second-order valence-corrected chi connectivity index (χ2v) is 7.83. The molecule has 6 N–H and O–H groups in total. The zero-order valence-corrected chi connectivity index (χ0v) is 18.2. The highest BCUT2D eigenvalue weighted by molar-refractivity contribution is 5.90. The van der Waals surface area contributed by atoms with Crippen LogP contribution in [0.1, 0.15) is 11.7 Å². The molecule has 1 fully saturated rings. The number of aromatic hydroxyl groups is 2. The number of phenolic OH excluding ortho intramolecular Hbond substituents is 2. The highest BCUT2D eigenvalue weighted by Crippen LogP contribution is 2.44. The summed E-state index contributed by atoms with van der Waals surface area (Å²) in [7, 11) is 2.67. The van der Waals surface area contributed by atoms with E-state index in [0.717, 1.165) is 0 Å². The number of rotatable bonds is 5. The third-order valence-corrected chi connectivity index (χ3v) is 5.84. The predicted molar refractivity (Wildman–Crippen MR) is 117 cm³/mol. The van der Waals surface area contributed by atoms with E-state index in [4.69, 9.17) is 18.6 Å². The van der Waals surface area contributed by atoms with E-state index in [0.29, 0.717) is 0 Å². The van der Waals surface area contributed by atoms with Gasteiger partial charge in [-0.05, 0) is 18.2 Å². The number of phenols is 2. The van der Waals surface area contributed by atoms with Gasteiger partial charge in [0.25, 0.3) is 0 Å². The van der Waals surface area contributed by atoms with Crippen molar-refractivity contribution in [1.82, 2.24) is 0 Å². The summed E-state index contributed by atoms with van der Waals surface area (Å²) in [5.41, 5.74) is -0.335. The fraction of sp³-hybridized carbons (Fsp3) is 0.348. The Bertz CT molecular complexity index is 1270. The minimum absolute atomic E-state index is 0.00828. The van der Waals surface area contributed by atoms with Crippen molar-refractivity contribution in [2.24, 2.45) is 0 Å². The Hall–Kier alpha value is -3.35. The quantitative estimate of drug-likeness (QED) is 0.281. The fourth-order valence-electron chi connectivity index (χ4n) is 4.06. The van der Waals surface area contributed by atoms with Gasteiger partial charge in [-0.25, -0.2) is 0 Å². The lowest BCUT2D eigenvalue weighted by molar-refractivity contribution is -0.231. The second-order valence-electron chi connectivity index (χ2n) is 7.83. The molecule has 2 aromatic carbocycles. The third kappa shape index (κ3) is 3.83. The highest BCUT2D eigenvalue weighted by Gasteiger charge is 2.46. The summed E-state index contributed by atoms with van der Waals surface area (Å²) in [4.78, 5) is 13.1. The van der Waals surface area contributed by atoms with Crippen LogP contribution in [0.2, 0.25) is 0 Å². The molecular weight excluding hydrogens is 452 g/mol. The molecule has 1 aliphatic rings. The van der Waals surface area contributed by atoms with E-state index >= 15 is 0 Å². The molecule has 4 rings (SSSR count). The molecule has 0 amide bonds. The number of ether oxygens (including phenoxy) is 3. The maximum atomic E-state index is 13.1. The molecule has 0 aliphatic carbocycles. The van der Waals surface area contributed by atoms with Gasteiger partial charge in [-0.1, -0.05) is 0 Å². The largest absolute Gasteiger partial charge is 0.504 e. The first-order chi connectivity index (χ1) is 16.2. The highest BCUT2D eigenvalue weighted by atomic mass is 16.5. The van der Waals surface area contributed by atoms with Crippen molar-refractivity contribution in [3.63, 3.8) is 0 Å². The second kappa shape index (κ2) is 9.12. The molecule has 0 radical (unpaired) electrons. The van der Waals surface area contributed by atoms with Crippen molar-refractivity contribution < 1.29 is 49.3 Å². The van der Waals surface area contributed by atoms with Crippen LogP contribution in [0.4, 0.5) is 0 Å². The minimum atomic E-state index is -1.68. The van der Waals surface area contributed by atoms with Gasteiger partial charge in [-0.15, -0.1) is 0 Å². The minimum Gasteiger partial charge on any atom is -0.504 e. The van der Waals surface area contributed by atoms with Gasteiger partial charge < -0.3 is 49.3 Å². The van der Waals surface area contributed by atoms with Crippen molar-refractivity contribution in [3.05, 3.63) is 46.1 Å². The van der Waals surface area contributed by atoms with Crippen molar-refractivity contribution in [2.75, 3.05) is 20.8 Å². The molecule has 11 heteroatoms. The summed E-state index contributed by atoms with van der Waals surface area (Å²) in [5, 5.41) is 60.3. The van der Waals surface area contributed by atoms with Gasteiger partial charge >= 0.3 is 0 Å². The van der Waals surface area contributed by atoms with Gasteiger partial charge in [0.05, 0.1) is 26.4 Å². The van der Waals surface area contributed by atoms with Gasteiger partial charge in [0.15, 0.2) is 22.5 Å². The summed E-state index contributed by atoms with van der Waals surface area (Å²) in [6.07, 6.45) is -7.52. The lowest BCUT2D eigenvalue weighted by atomic mass is 9.89. The van der Waals surface area contributed by atoms with Gasteiger partial charge in [-0.3, -0.25) is 4.79 Å². The third-order valence-electron chi connectivity index (χ3n) is 5.84. The van der Waals surface area contributed by atoms with Gasteiger partial charge in [0.2, 0.25) is 0 Å². The molecule has 0 saturated carbocycles. The molecule has 0 spiro atoms. The molecule has 1 aromatic heterocycles. The van der Waals surface area contributed by atoms with E-state index in [1.54, 1.807) is 0 Å². The Morgan fingerprint density at radius 2 is 1.62 bits per heavy atom. The number of aliphatic hydroxyl groups is 4. The van der Waals surface area contributed by atoms with Crippen LogP contribution in [0.25, 0.3) is 22.3 Å². The van der Waals surface area contributed by atoms with E-state index in [-0.39, 0.29) is 45.1 Å². The first-order valence-corrected chi connectivity index (χ1v) is 10.3. The Morgan fingerprint density at radius 1 is 0.912 bits per heavy atom. The zero-order chi connectivity index (χ0) is 24.7. The van der Waals surface area contributed by atoms with Gasteiger partial charge in [0, 0.05) is 17.7 Å². The maximum absolute atomic E-state index is 13.1. The number of aliphatic hydroxyl groups excluding tert-OH is 4. The maximum Gasteiger partial charge on any atom is 0.197 e. The fourth-order valence-corrected chi connectivity index (χ4v) is 4.06. The Kier molecular flexibility index (Phi) is 6.39. The van der Waals surface area contributed by atoms with Crippen LogP contribution < -0.4 is 14.9 Å². The molecule has 1 saturated heterocycles. The summed E-state index contributed by atoms with van der Waals surface area (Å²) < 4.78 is 22.5. The number of hydrogen-bond donors (Lipinski definition) is 6. The normalized spacial score (nSPS) is 24.8. The van der Waals surface area contributed by atoms with Crippen molar-refractivity contribution in [3.8, 4) is 34.3 Å². The van der Waals surface area contributed by atoms with Crippen LogP contribution in [-0.4, -0.2) is 75.9 Å². The lowest BCUT2D eigenvalue weighted by Crippen LogP contribution is -2.55. The van der Waals surface area contributed by atoms with Crippen LogP contribution in [0.5, 0.6) is 23.0 Å². The van der Waals surface area contributed by atoms with Crippen LogP contribution in [-0.2, 0) is 4.74 Å². The summed E-state index contributed by atoms with van der Waals surface area (Å²) in [6.45, 7) is -0.653. The first kappa shape index (κ1) is 23.8. The van der Waals surface area contributed by atoms with Crippen molar-refractivity contribution >= 4 is 11.0 Å². The van der Waals surface area contributed by atoms with Gasteiger partial charge in [0.1, 0.15) is 53.2 Å². The monoisotopic (exact) mass is 476 g/mol. The van der Waals surface area contributed by atoms with Crippen LogP contribution in [0.15, 0.2) is 39.5 Å². The van der Waals surface area contributed by atoms with E-state index in [1.165, 1.54) is 44.6 Å². The standard InChI is InChI=1S/C23H24O11/c1-31-14-7-15(32-2)18(23-21(30)20(29)19(28)16(8-24)34-23)22-17(14)12(27)6-13(33-22)9-3-4-10(25)11(26)5-9/h3-7,16,19-21,23-26,28-30H,8H2,1-2H3/t16-,19+,20-,21-,23+/m0/s1. The smallest absolute Gasteiger partial charge is 0.197 e. The average Bonchev–Trinajstić information content (AvgIpc) is 2.83. The molecule has 11 nitrogen and oxygen atoms in total. The molecule has 34 heavy (non-hydrogen) atoms. The topological polar surface area (TPSA) is 179 Å². The SMILES string of the molecule is COc1cc(OC)c2c(=O)cc(-c3ccc(O)c(O)c3)oc2c1[C@H]1O[C@@H](CO)[C@@H](O)[C@H](O)[C@@H]1O. The van der Waals surface area contributed by atoms with E-state index in [1.807, 2.05) is 0 Å². The number of benzene rings is 2. The number of fused-ring (bicyclic) bond motifs is 1. The number of hydrogen-bond acceptors (Lipinski definition) is 11. The lowest BCUT2D eigenvalue weighted by Gasteiger charge is -2.40. The van der Waals surface area contributed by atoms with E-state index < -0.39 is 48.3 Å². The predicted octanol–water partition coefficient (Wildman–Crippen LogP) is 0.403. The summed E-state index contributed by atoms with van der Waals surface area (Å²) in [6, 6.07) is 6.40.